The molecule has 0 aliphatic carbocycles. The van der Waals surface area contributed by atoms with E-state index in [0.717, 1.165) is 30.3 Å². The first kappa shape index (κ1) is 21.7. The number of hydrogen-bond donors (Lipinski definition) is 0. The van der Waals surface area contributed by atoms with Crippen LogP contribution in [0.3, 0.4) is 0 Å². The third kappa shape index (κ3) is 4.61. The smallest absolute Gasteiger partial charge is 0.266 e. The van der Waals surface area contributed by atoms with Crippen LogP contribution in [0.4, 0.5) is 0 Å². The number of terminal acetylenes is 1. The Labute approximate surface area is 173 Å². The summed E-state index contributed by atoms with van der Waals surface area (Å²) in [7, 11) is -6.92. The van der Waals surface area contributed by atoms with Crippen LogP contribution >= 0.6 is 11.3 Å². The topological polar surface area (TPSA) is 106 Å². The second kappa shape index (κ2) is 8.02. The van der Waals surface area contributed by atoms with E-state index in [1.165, 1.54) is 16.4 Å². The van der Waals surface area contributed by atoms with Gasteiger partial charge in [-0.05, 0) is 31.0 Å². The fraction of sp³-hybridized carbons (Fsp3) is 0.444. The van der Waals surface area contributed by atoms with Crippen molar-refractivity contribution in [1.82, 2.24) is 8.87 Å². The molecule has 1 aromatic carbocycles. The van der Waals surface area contributed by atoms with Gasteiger partial charge in [0, 0.05) is 12.8 Å². The molecule has 11 heteroatoms. The van der Waals surface area contributed by atoms with Gasteiger partial charge in [0.1, 0.15) is 6.04 Å². The van der Waals surface area contributed by atoms with Crippen LogP contribution in [0.25, 0.3) is 10.2 Å². The molecule has 1 unspecified atom stereocenters. The third-order valence-electron chi connectivity index (χ3n) is 4.70. The summed E-state index contributed by atoms with van der Waals surface area (Å²) in [5.41, 5.74) is 0.663. The lowest BCUT2D eigenvalue weighted by Crippen LogP contribution is -2.47. The average Bonchev–Trinajstić information content (AvgIpc) is 2.97. The highest BCUT2D eigenvalue weighted by molar-refractivity contribution is 7.90. The van der Waals surface area contributed by atoms with E-state index >= 15 is 0 Å². The summed E-state index contributed by atoms with van der Waals surface area (Å²) in [5, 5.41) is 0. The summed E-state index contributed by atoms with van der Waals surface area (Å²) >= 11 is 1.14. The van der Waals surface area contributed by atoms with Crippen LogP contribution in [0, 0.1) is 12.3 Å². The number of piperidine rings is 1. The zero-order valence-corrected chi connectivity index (χ0v) is 18.5. The van der Waals surface area contributed by atoms with Crippen LogP contribution in [0.5, 0.6) is 0 Å². The number of carbonyl (C=O) groups excluding carboxylic acids is 1. The molecule has 2 heterocycles. The van der Waals surface area contributed by atoms with Gasteiger partial charge in [-0.25, -0.2) is 16.8 Å². The van der Waals surface area contributed by atoms with Gasteiger partial charge >= 0.3 is 0 Å². The number of carbonyl (C=O) groups is 1. The van der Waals surface area contributed by atoms with Crippen molar-refractivity contribution in [3.05, 3.63) is 23.0 Å². The van der Waals surface area contributed by atoms with E-state index in [1.807, 2.05) is 0 Å². The van der Waals surface area contributed by atoms with Crippen LogP contribution in [0.15, 0.2) is 28.1 Å². The van der Waals surface area contributed by atoms with Crippen LogP contribution in [0.2, 0.25) is 0 Å². The second-order valence-corrected chi connectivity index (χ2v) is 11.9. The Morgan fingerprint density at radius 2 is 2.00 bits per heavy atom. The summed E-state index contributed by atoms with van der Waals surface area (Å²) < 4.78 is 51.2. The Kier molecular flexibility index (Phi) is 6.01. The first-order valence-corrected chi connectivity index (χ1v) is 13.4. The number of nitrogens with zero attached hydrogens (tertiary/aromatic N) is 3. The molecule has 3 rings (SSSR count). The van der Waals surface area contributed by atoms with Gasteiger partial charge in [0.15, 0.2) is 14.6 Å². The van der Waals surface area contributed by atoms with E-state index in [2.05, 4.69) is 10.9 Å². The number of aromatic nitrogens is 1. The second-order valence-electron chi connectivity index (χ2n) is 6.91. The average molecular weight is 456 g/mol. The molecule has 8 nitrogen and oxygen atoms in total. The van der Waals surface area contributed by atoms with Crippen molar-refractivity contribution in [2.75, 3.05) is 19.1 Å². The molecule has 2 aromatic rings. The van der Waals surface area contributed by atoms with Crippen LogP contribution in [-0.2, 0) is 31.2 Å². The van der Waals surface area contributed by atoms with E-state index in [1.54, 1.807) is 10.6 Å². The Morgan fingerprint density at radius 1 is 1.28 bits per heavy atom. The first-order chi connectivity index (χ1) is 13.5. The van der Waals surface area contributed by atoms with Gasteiger partial charge in [-0.1, -0.05) is 23.7 Å². The van der Waals surface area contributed by atoms with E-state index in [0.29, 0.717) is 34.4 Å². The molecule has 1 fully saturated rings. The number of thiazole rings is 1. The molecule has 1 aliphatic heterocycles. The van der Waals surface area contributed by atoms with Gasteiger partial charge < -0.3 is 4.57 Å². The number of benzene rings is 1. The lowest BCUT2D eigenvalue weighted by atomic mass is 10.0. The quantitative estimate of drug-likeness (QED) is 0.639. The third-order valence-corrected chi connectivity index (χ3v) is 8.14. The normalized spacial score (nSPS) is 19.3. The number of sulfonamides is 1. The number of hydrogen-bond acceptors (Lipinski definition) is 6. The lowest BCUT2D eigenvalue weighted by Gasteiger charge is -2.31. The molecule has 0 spiro atoms. The van der Waals surface area contributed by atoms with Gasteiger partial charge in [0.2, 0.25) is 10.0 Å². The Balaban J connectivity index is 2.12. The summed E-state index contributed by atoms with van der Waals surface area (Å²) in [4.78, 5) is 17.5. The fourth-order valence-electron chi connectivity index (χ4n) is 3.33. The maximum Gasteiger partial charge on any atom is 0.266 e. The van der Waals surface area contributed by atoms with E-state index in [-0.39, 0.29) is 11.4 Å². The summed E-state index contributed by atoms with van der Waals surface area (Å²) in [5.74, 6) is 1.96. The van der Waals surface area contributed by atoms with Crippen LogP contribution in [-0.4, -0.2) is 56.7 Å². The monoisotopic (exact) mass is 455 g/mol. The molecule has 1 amide bonds. The van der Waals surface area contributed by atoms with Gasteiger partial charge in [-0.2, -0.15) is 9.30 Å². The Bertz CT molecular complexity index is 1280. The molecular weight excluding hydrogens is 434 g/mol. The summed E-state index contributed by atoms with van der Waals surface area (Å²) in [6.45, 7) is 0.435. The zero-order valence-electron chi connectivity index (χ0n) is 16.0. The fourth-order valence-corrected chi connectivity index (χ4v) is 6.25. The predicted molar refractivity (Wildman–Crippen MR) is 112 cm³/mol. The van der Waals surface area contributed by atoms with Crippen molar-refractivity contribution in [3.8, 4) is 12.3 Å². The first-order valence-electron chi connectivity index (χ1n) is 8.84. The standard InChI is InChI=1S/C18H21N3O5S3/c1-4-10-20-14-9-8-13(28(2,23)24)12-16(14)27-18(20)19-17(22)15-7-5-6-11-21(15)29(3,25)26/h1,8-9,12,15H,5-7,10-11H2,2-3H3. The van der Waals surface area contributed by atoms with Crippen LogP contribution < -0.4 is 4.80 Å². The molecule has 156 valence electrons. The van der Waals surface area contributed by atoms with Gasteiger partial charge in [0.25, 0.3) is 5.91 Å². The van der Waals surface area contributed by atoms with Gasteiger partial charge in [-0.3, -0.25) is 4.79 Å². The molecule has 1 saturated heterocycles. The molecule has 1 atom stereocenters. The minimum atomic E-state index is -3.53. The molecule has 1 aliphatic rings. The molecule has 0 radical (unpaired) electrons. The minimum Gasteiger partial charge on any atom is -0.305 e. The Hall–Kier alpha value is -2.00. The maximum absolute atomic E-state index is 12.9. The number of rotatable bonds is 4. The van der Waals surface area contributed by atoms with Crippen molar-refractivity contribution in [2.45, 2.75) is 36.7 Å². The van der Waals surface area contributed by atoms with E-state index in [4.69, 9.17) is 6.42 Å². The molecule has 29 heavy (non-hydrogen) atoms. The Morgan fingerprint density at radius 3 is 2.62 bits per heavy atom. The largest absolute Gasteiger partial charge is 0.305 e. The highest BCUT2D eigenvalue weighted by atomic mass is 32.2. The van der Waals surface area contributed by atoms with Crippen molar-refractivity contribution < 1.29 is 21.6 Å². The maximum atomic E-state index is 12.9. The molecule has 0 N–H and O–H groups in total. The predicted octanol–water partition coefficient (Wildman–Crippen LogP) is 0.981. The van der Waals surface area contributed by atoms with E-state index < -0.39 is 31.8 Å². The molecular formula is C18H21N3O5S3. The summed E-state index contributed by atoms with van der Waals surface area (Å²) in [6, 6.07) is 3.80. The van der Waals surface area contributed by atoms with Gasteiger partial charge in [-0.15, -0.1) is 6.42 Å². The highest BCUT2D eigenvalue weighted by Crippen LogP contribution is 2.23. The number of fused-ring (bicyclic) bond motifs is 1. The minimum absolute atomic E-state index is 0.144. The van der Waals surface area contributed by atoms with Crippen LogP contribution in [0.1, 0.15) is 19.3 Å². The zero-order chi connectivity index (χ0) is 21.4. The number of sulfone groups is 1. The van der Waals surface area contributed by atoms with Crippen molar-refractivity contribution in [2.24, 2.45) is 4.99 Å². The highest BCUT2D eigenvalue weighted by Gasteiger charge is 2.34. The van der Waals surface area contributed by atoms with Crippen molar-refractivity contribution in [3.63, 3.8) is 0 Å². The molecule has 0 bridgehead atoms. The number of amides is 1. The molecule has 1 aromatic heterocycles. The molecule has 0 saturated carbocycles. The van der Waals surface area contributed by atoms with Gasteiger partial charge in [0.05, 0.1) is 27.9 Å². The SMILES string of the molecule is C#CCn1c(=NC(=O)C2CCCCN2S(C)(=O)=O)sc2cc(S(C)(=O)=O)ccc21. The van der Waals surface area contributed by atoms with Crippen molar-refractivity contribution in [1.29, 1.82) is 0 Å². The summed E-state index contributed by atoms with van der Waals surface area (Å²) in [6.07, 6.45) is 9.51. The van der Waals surface area contributed by atoms with E-state index in [9.17, 15) is 21.6 Å². The lowest BCUT2D eigenvalue weighted by molar-refractivity contribution is -0.122. The van der Waals surface area contributed by atoms with Crippen molar-refractivity contribution >= 4 is 47.3 Å².